The van der Waals surface area contributed by atoms with E-state index < -0.39 is 11.6 Å². The number of carbonyl (C=O) groups excluding carboxylic acids is 3. The molecule has 5 rings (SSSR count). The molecule has 1 atom stereocenters. The molecule has 3 heterocycles. The lowest BCUT2D eigenvalue weighted by Gasteiger charge is -2.49. The Morgan fingerprint density at radius 2 is 2.03 bits per heavy atom. The number of aromatic nitrogens is 2. The molecule has 1 aromatic carbocycles. The average Bonchev–Trinajstić information content (AvgIpc) is 3.29. The molecule has 8 nitrogen and oxygen atoms in total. The van der Waals surface area contributed by atoms with Crippen LogP contribution in [0, 0.1) is 5.92 Å². The van der Waals surface area contributed by atoms with E-state index in [4.69, 9.17) is 0 Å². The third-order valence-electron chi connectivity index (χ3n) is 6.40. The van der Waals surface area contributed by atoms with Crippen molar-refractivity contribution in [2.75, 3.05) is 16.8 Å². The molecule has 0 unspecified atom stereocenters. The van der Waals surface area contributed by atoms with Crippen LogP contribution in [0.25, 0.3) is 0 Å². The van der Waals surface area contributed by atoms with E-state index in [-0.39, 0.29) is 30.6 Å². The largest absolute Gasteiger partial charge is 0.307 e. The minimum Gasteiger partial charge on any atom is -0.307 e. The van der Waals surface area contributed by atoms with Crippen LogP contribution in [-0.4, -0.2) is 45.0 Å². The van der Waals surface area contributed by atoms with Crippen LogP contribution in [0.15, 0.2) is 24.3 Å². The molecule has 3 aliphatic rings. The Morgan fingerprint density at radius 1 is 1.26 bits per heavy atom. The van der Waals surface area contributed by atoms with Crippen LogP contribution in [0.5, 0.6) is 0 Å². The molecule has 31 heavy (non-hydrogen) atoms. The van der Waals surface area contributed by atoms with E-state index in [9.17, 15) is 14.4 Å². The van der Waals surface area contributed by atoms with Crippen LogP contribution < -0.4 is 10.2 Å². The standard InChI is InChI=1S/C22H25N5O3S/c1-13(2)12-26-19(29)15-8-3-4-9-16(15)27-17(28)10-11-22(26,27)20(30)23-21-25-24-18(31-21)14-6-5-7-14/h3-4,8-9,13-14H,5-7,10-12H2,1-2H3,(H,23,25,30)/t22-/m0/s1. The molecule has 0 bridgehead atoms. The first-order valence-electron chi connectivity index (χ1n) is 10.8. The number of hydrogen-bond acceptors (Lipinski definition) is 6. The monoisotopic (exact) mass is 439 g/mol. The van der Waals surface area contributed by atoms with Crippen molar-refractivity contribution >= 4 is 39.9 Å². The molecule has 1 N–H and O–H groups in total. The van der Waals surface area contributed by atoms with Crippen molar-refractivity contribution in [3.8, 4) is 0 Å². The molecule has 9 heteroatoms. The van der Waals surface area contributed by atoms with Crippen molar-refractivity contribution in [1.29, 1.82) is 0 Å². The van der Waals surface area contributed by atoms with Gasteiger partial charge in [0.1, 0.15) is 5.01 Å². The first-order valence-corrected chi connectivity index (χ1v) is 11.6. The van der Waals surface area contributed by atoms with Crippen LogP contribution >= 0.6 is 11.3 Å². The highest BCUT2D eigenvalue weighted by molar-refractivity contribution is 7.15. The average molecular weight is 440 g/mol. The highest BCUT2D eigenvalue weighted by Crippen LogP contribution is 2.45. The van der Waals surface area contributed by atoms with Gasteiger partial charge in [-0.2, -0.15) is 0 Å². The quantitative estimate of drug-likeness (QED) is 0.771. The summed E-state index contributed by atoms with van der Waals surface area (Å²) in [6.07, 6.45) is 3.84. The fraction of sp³-hybridized carbons (Fsp3) is 0.500. The molecule has 1 aliphatic carbocycles. The van der Waals surface area contributed by atoms with Gasteiger partial charge in [-0.15, -0.1) is 10.2 Å². The molecular weight excluding hydrogens is 414 g/mol. The lowest BCUT2D eigenvalue weighted by molar-refractivity contribution is -0.129. The number of amides is 3. The third kappa shape index (κ3) is 3.05. The Morgan fingerprint density at radius 3 is 2.74 bits per heavy atom. The number of fused-ring (bicyclic) bond motifs is 3. The molecule has 2 aliphatic heterocycles. The zero-order valence-electron chi connectivity index (χ0n) is 17.6. The topological polar surface area (TPSA) is 95.5 Å². The van der Waals surface area contributed by atoms with Crippen LogP contribution in [0.4, 0.5) is 10.8 Å². The minimum atomic E-state index is -1.39. The van der Waals surface area contributed by atoms with Crippen LogP contribution in [0.1, 0.15) is 67.2 Å². The van der Waals surface area contributed by atoms with E-state index in [2.05, 4.69) is 15.5 Å². The van der Waals surface area contributed by atoms with E-state index >= 15 is 0 Å². The highest BCUT2D eigenvalue weighted by atomic mass is 32.1. The van der Waals surface area contributed by atoms with Crippen LogP contribution in [0.2, 0.25) is 0 Å². The van der Waals surface area contributed by atoms with Gasteiger partial charge in [-0.25, -0.2) is 0 Å². The molecular formula is C22H25N5O3S. The summed E-state index contributed by atoms with van der Waals surface area (Å²) in [4.78, 5) is 43.3. The number of hydrogen-bond donors (Lipinski definition) is 1. The molecule has 0 radical (unpaired) electrons. The summed E-state index contributed by atoms with van der Waals surface area (Å²) in [5.74, 6) is -0.234. The van der Waals surface area contributed by atoms with Gasteiger partial charge in [0, 0.05) is 25.3 Å². The number of carbonyl (C=O) groups is 3. The Bertz CT molecular complexity index is 1060. The molecule has 2 aromatic rings. The van der Waals surface area contributed by atoms with Crippen LogP contribution in [0.3, 0.4) is 0 Å². The minimum absolute atomic E-state index is 0.128. The SMILES string of the molecule is CC(C)CN1C(=O)c2ccccc2N2C(=O)CC[C@]12C(=O)Nc1nnc(C2CCC2)s1. The molecule has 3 amide bonds. The first-order chi connectivity index (χ1) is 14.9. The van der Waals surface area contributed by atoms with Crippen molar-refractivity contribution in [3.63, 3.8) is 0 Å². The third-order valence-corrected chi connectivity index (χ3v) is 7.40. The van der Waals surface area contributed by atoms with E-state index in [0.29, 0.717) is 28.8 Å². The fourth-order valence-corrected chi connectivity index (χ4v) is 5.61. The number of benzene rings is 1. The Balaban J connectivity index is 1.55. The second kappa shape index (κ2) is 7.40. The summed E-state index contributed by atoms with van der Waals surface area (Å²) in [7, 11) is 0. The summed E-state index contributed by atoms with van der Waals surface area (Å²) in [5.41, 5.74) is -0.447. The van der Waals surface area contributed by atoms with E-state index in [1.54, 1.807) is 29.2 Å². The summed E-state index contributed by atoms with van der Waals surface area (Å²) in [5, 5.41) is 12.6. The Hall–Kier alpha value is -2.81. The summed E-state index contributed by atoms with van der Waals surface area (Å²) in [6.45, 7) is 4.36. The van der Waals surface area contributed by atoms with Gasteiger partial charge < -0.3 is 4.90 Å². The normalized spacial score (nSPS) is 23.1. The van der Waals surface area contributed by atoms with Gasteiger partial charge >= 0.3 is 0 Å². The zero-order chi connectivity index (χ0) is 21.8. The molecule has 162 valence electrons. The molecule has 1 saturated carbocycles. The van der Waals surface area contributed by atoms with Crippen molar-refractivity contribution in [1.82, 2.24) is 15.1 Å². The van der Waals surface area contributed by atoms with E-state index in [1.807, 2.05) is 13.8 Å². The molecule has 1 saturated heterocycles. The number of rotatable bonds is 5. The smallest absolute Gasteiger partial charge is 0.273 e. The van der Waals surface area contributed by atoms with E-state index in [0.717, 1.165) is 17.8 Å². The Labute approximate surface area is 184 Å². The number of para-hydroxylation sites is 1. The predicted molar refractivity (Wildman–Crippen MR) is 117 cm³/mol. The van der Waals surface area contributed by atoms with Gasteiger partial charge in [0.2, 0.25) is 16.7 Å². The van der Waals surface area contributed by atoms with Gasteiger partial charge in [-0.1, -0.05) is 43.7 Å². The van der Waals surface area contributed by atoms with Gasteiger partial charge in [0.15, 0.2) is 0 Å². The first kappa shape index (κ1) is 20.1. The predicted octanol–water partition coefficient (Wildman–Crippen LogP) is 3.38. The van der Waals surface area contributed by atoms with Gasteiger partial charge in [0.25, 0.3) is 11.8 Å². The van der Waals surface area contributed by atoms with Gasteiger partial charge in [-0.3, -0.25) is 24.6 Å². The number of anilines is 2. The lowest BCUT2D eigenvalue weighted by atomic mass is 9.86. The second-order valence-corrected chi connectivity index (χ2v) is 9.91. The maximum absolute atomic E-state index is 13.8. The maximum atomic E-state index is 13.8. The Kier molecular flexibility index (Phi) is 4.80. The molecule has 1 aromatic heterocycles. The van der Waals surface area contributed by atoms with Crippen molar-refractivity contribution in [2.45, 2.75) is 57.5 Å². The van der Waals surface area contributed by atoms with Crippen molar-refractivity contribution in [3.05, 3.63) is 34.8 Å². The number of nitrogens with one attached hydrogen (secondary N) is 1. The zero-order valence-corrected chi connectivity index (χ0v) is 18.4. The van der Waals surface area contributed by atoms with Crippen molar-refractivity contribution < 1.29 is 14.4 Å². The van der Waals surface area contributed by atoms with Crippen molar-refractivity contribution in [2.24, 2.45) is 5.92 Å². The van der Waals surface area contributed by atoms with E-state index in [1.165, 1.54) is 22.7 Å². The highest BCUT2D eigenvalue weighted by Gasteiger charge is 2.61. The summed E-state index contributed by atoms with van der Waals surface area (Å²) in [6, 6.07) is 7.02. The second-order valence-electron chi connectivity index (χ2n) is 8.90. The van der Waals surface area contributed by atoms with Gasteiger partial charge in [0.05, 0.1) is 11.3 Å². The fourth-order valence-electron chi connectivity index (χ4n) is 4.70. The summed E-state index contributed by atoms with van der Waals surface area (Å²) < 4.78 is 0. The molecule has 2 fully saturated rings. The van der Waals surface area contributed by atoms with Crippen LogP contribution in [-0.2, 0) is 9.59 Å². The van der Waals surface area contributed by atoms with Gasteiger partial charge in [-0.05, 0) is 30.9 Å². The lowest BCUT2D eigenvalue weighted by Crippen LogP contribution is -2.69. The molecule has 0 spiro atoms. The maximum Gasteiger partial charge on any atom is 0.273 e. The summed E-state index contributed by atoms with van der Waals surface area (Å²) >= 11 is 1.38. The number of nitrogens with zero attached hydrogens (tertiary/aromatic N) is 4.